The van der Waals surface area contributed by atoms with Crippen LogP contribution in [-0.2, 0) is 4.74 Å². The van der Waals surface area contributed by atoms with Crippen LogP contribution < -0.4 is 10.6 Å². The second kappa shape index (κ2) is 6.84. The summed E-state index contributed by atoms with van der Waals surface area (Å²) in [5, 5.41) is 6.22. The first-order chi connectivity index (χ1) is 8.03. The van der Waals surface area contributed by atoms with E-state index < -0.39 is 0 Å². The van der Waals surface area contributed by atoms with E-state index in [1.54, 1.807) is 0 Å². The van der Waals surface area contributed by atoms with Crippen LogP contribution in [0.2, 0.25) is 0 Å². The Bertz CT molecular complexity index is 236. The maximum Gasteiger partial charge on any atom is 0.407 e. The Hall–Kier alpha value is -0.770. The third-order valence-corrected chi connectivity index (χ3v) is 3.16. The molecular weight excluding hydrogens is 216 g/mol. The molecule has 4 heteroatoms. The van der Waals surface area contributed by atoms with Gasteiger partial charge in [-0.15, -0.1) is 0 Å². The van der Waals surface area contributed by atoms with Crippen LogP contribution in [0.25, 0.3) is 0 Å². The lowest BCUT2D eigenvalue weighted by Crippen LogP contribution is -2.45. The number of rotatable bonds is 5. The highest BCUT2D eigenvalue weighted by molar-refractivity contribution is 5.68. The van der Waals surface area contributed by atoms with E-state index in [0.29, 0.717) is 0 Å². The minimum Gasteiger partial charge on any atom is -0.444 e. The average Bonchev–Trinajstić information content (AvgIpc) is 2.27. The second-order valence-electron chi connectivity index (χ2n) is 5.42. The highest BCUT2D eigenvalue weighted by Crippen LogP contribution is 2.18. The first kappa shape index (κ1) is 14.3. The molecule has 1 heterocycles. The molecule has 0 aromatic rings. The van der Waals surface area contributed by atoms with Gasteiger partial charge in [-0.1, -0.05) is 13.3 Å². The smallest absolute Gasteiger partial charge is 0.407 e. The molecule has 0 aliphatic carbocycles. The summed E-state index contributed by atoms with van der Waals surface area (Å²) in [6.45, 7) is 8.05. The zero-order chi connectivity index (χ0) is 12.7. The van der Waals surface area contributed by atoms with E-state index in [2.05, 4.69) is 17.6 Å². The molecule has 4 nitrogen and oxygen atoms in total. The number of unbranched alkanes of at least 4 members (excludes halogenated alkanes) is 1. The molecular formula is C13H26N2O2. The Morgan fingerprint density at radius 3 is 2.65 bits per heavy atom. The quantitative estimate of drug-likeness (QED) is 0.778. The fourth-order valence-electron chi connectivity index (χ4n) is 2.07. The minimum atomic E-state index is -0.354. The van der Waals surface area contributed by atoms with Crippen molar-refractivity contribution in [1.29, 1.82) is 0 Å². The highest BCUT2D eigenvalue weighted by Gasteiger charge is 2.24. The van der Waals surface area contributed by atoms with Crippen LogP contribution in [0.5, 0.6) is 0 Å². The summed E-state index contributed by atoms with van der Waals surface area (Å²) in [6, 6.07) is 0.269. The van der Waals surface area contributed by atoms with Crippen LogP contribution in [-0.4, -0.2) is 30.8 Å². The molecule has 2 N–H and O–H groups in total. The Balaban J connectivity index is 2.27. The van der Waals surface area contributed by atoms with Crippen LogP contribution in [0.1, 0.15) is 52.9 Å². The number of piperidine rings is 1. The Morgan fingerprint density at radius 2 is 2.06 bits per heavy atom. The van der Waals surface area contributed by atoms with Crippen molar-refractivity contribution in [2.45, 2.75) is 64.5 Å². The van der Waals surface area contributed by atoms with Crippen LogP contribution >= 0.6 is 0 Å². The largest absolute Gasteiger partial charge is 0.444 e. The maximum atomic E-state index is 11.7. The molecule has 0 aromatic carbocycles. The van der Waals surface area contributed by atoms with Gasteiger partial charge in [0.2, 0.25) is 0 Å². The predicted octanol–water partition coefficient (Wildman–Crippen LogP) is 2.43. The van der Waals surface area contributed by atoms with Crippen molar-refractivity contribution >= 4 is 6.09 Å². The fourth-order valence-corrected chi connectivity index (χ4v) is 2.07. The second-order valence-corrected chi connectivity index (χ2v) is 5.42. The number of carbonyl (C=O) groups is 1. The first-order valence-corrected chi connectivity index (χ1v) is 6.74. The van der Waals surface area contributed by atoms with Gasteiger partial charge in [0.25, 0.3) is 0 Å². The van der Waals surface area contributed by atoms with E-state index in [-0.39, 0.29) is 17.7 Å². The van der Waals surface area contributed by atoms with Crippen molar-refractivity contribution in [2.75, 3.05) is 13.1 Å². The molecule has 0 spiro atoms. The molecule has 0 atom stereocenters. The molecule has 0 radical (unpaired) electrons. The lowest BCUT2D eigenvalue weighted by atomic mass is 10.0. The highest BCUT2D eigenvalue weighted by atomic mass is 16.6. The lowest BCUT2D eigenvalue weighted by Gasteiger charge is -2.28. The number of carbonyl (C=O) groups excluding carboxylic acids is 1. The predicted molar refractivity (Wildman–Crippen MR) is 69.1 cm³/mol. The summed E-state index contributed by atoms with van der Waals surface area (Å²) in [4.78, 5) is 11.7. The van der Waals surface area contributed by atoms with Gasteiger partial charge in [0.05, 0.1) is 0 Å². The first-order valence-electron chi connectivity index (χ1n) is 6.74. The third-order valence-electron chi connectivity index (χ3n) is 3.16. The van der Waals surface area contributed by atoms with Gasteiger partial charge < -0.3 is 15.4 Å². The Labute approximate surface area is 104 Å². The number of ether oxygens (including phenoxy) is 1. The van der Waals surface area contributed by atoms with Gasteiger partial charge in [-0.3, -0.25) is 0 Å². The van der Waals surface area contributed by atoms with Crippen molar-refractivity contribution in [3.63, 3.8) is 0 Å². The van der Waals surface area contributed by atoms with Crippen molar-refractivity contribution in [3.8, 4) is 0 Å². The maximum absolute atomic E-state index is 11.7. The van der Waals surface area contributed by atoms with E-state index >= 15 is 0 Å². The fraction of sp³-hybridized carbons (Fsp3) is 0.923. The normalized spacial score (nSPS) is 17.8. The molecule has 1 fully saturated rings. The molecule has 17 heavy (non-hydrogen) atoms. The van der Waals surface area contributed by atoms with E-state index in [1.807, 2.05) is 13.8 Å². The number of alkyl carbamates (subject to hydrolysis) is 1. The SMILES string of the molecule is CCCCC(C)(C)OC(=O)NC1CCNCC1. The van der Waals surface area contributed by atoms with Crippen LogP contribution in [0.4, 0.5) is 4.79 Å². The van der Waals surface area contributed by atoms with Gasteiger partial charge in [-0.25, -0.2) is 4.79 Å². The summed E-state index contributed by atoms with van der Waals surface area (Å²) in [7, 11) is 0. The summed E-state index contributed by atoms with van der Waals surface area (Å²) in [5.41, 5.74) is -0.354. The topological polar surface area (TPSA) is 50.4 Å². The van der Waals surface area contributed by atoms with Gasteiger partial charge in [-0.05, 0) is 52.6 Å². The van der Waals surface area contributed by atoms with E-state index in [0.717, 1.165) is 45.2 Å². The zero-order valence-electron chi connectivity index (χ0n) is 11.3. The van der Waals surface area contributed by atoms with Gasteiger partial charge in [0.1, 0.15) is 5.60 Å². The molecule has 1 saturated heterocycles. The molecule has 0 bridgehead atoms. The summed E-state index contributed by atoms with van der Waals surface area (Å²) >= 11 is 0. The molecule has 1 amide bonds. The van der Waals surface area contributed by atoms with E-state index in [4.69, 9.17) is 4.74 Å². The molecule has 0 unspecified atom stereocenters. The van der Waals surface area contributed by atoms with E-state index in [9.17, 15) is 4.79 Å². The monoisotopic (exact) mass is 242 g/mol. The Morgan fingerprint density at radius 1 is 1.41 bits per heavy atom. The van der Waals surface area contributed by atoms with Gasteiger partial charge >= 0.3 is 6.09 Å². The number of nitrogens with one attached hydrogen (secondary N) is 2. The molecule has 100 valence electrons. The van der Waals surface area contributed by atoms with Crippen molar-refractivity contribution in [3.05, 3.63) is 0 Å². The lowest BCUT2D eigenvalue weighted by molar-refractivity contribution is 0.0286. The summed E-state index contributed by atoms with van der Waals surface area (Å²) in [6.07, 6.45) is 4.85. The van der Waals surface area contributed by atoms with Crippen LogP contribution in [0.15, 0.2) is 0 Å². The van der Waals surface area contributed by atoms with Crippen molar-refractivity contribution in [2.24, 2.45) is 0 Å². The van der Waals surface area contributed by atoms with Gasteiger partial charge in [0, 0.05) is 6.04 Å². The molecule has 1 rings (SSSR count). The minimum absolute atomic E-state index is 0.266. The van der Waals surface area contributed by atoms with E-state index in [1.165, 1.54) is 0 Å². The summed E-state index contributed by atoms with van der Waals surface area (Å²) in [5.74, 6) is 0. The zero-order valence-corrected chi connectivity index (χ0v) is 11.3. The number of hydrogen-bond donors (Lipinski definition) is 2. The molecule has 0 aromatic heterocycles. The van der Waals surface area contributed by atoms with Crippen molar-refractivity contribution in [1.82, 2.24) is 10.6 Å². The van der Waals surface area contributed by atoms with Crippen LogP contribution in [0, 0.1) is 0 Å². The molecule has 0 saturated carbocycles. The number of amides is 1. The van der Waals surface area contributed by atoms with Crippen LogP contribution in [0.3, 0.4) is 0 Å². The van der Waals surface area contributed by atoms with Gasteiger partial charge in [-0.2, -0.15) is 0 Å². The average molecular weight is 242 g/mol. The standard InChI is InChI=1S/C13H26N2O2/c1-4-5-8-13(2,3)17-12(16)15-11-6-9-14-10-7-11/h11,14H,4-10H2,1-3H3,(H,15,16). The summed E-state index contributed by atoms with van der Waals surface area (Å²) < 4.78 is 5.47. The van der Waals surface area contributed by atoms with Gasteiger partial charge in [0.15, 0.2) is 0 Å². The third kappa shape index (κ3) is 5.91. The van der Waals surface area contributed by atoms with Crippen molar-refractivity contribution < 1.29 is 9.53 Å². The molecule has 1 aliphatic heterocycles. The molecule has 1 aliphatic rings. The Kier molecular flexibility index (Phi) is 5.75. The number of hydrogen-bond acceptors (Lipinski definition) is 3.